The molecule has 9 heteroatoms. The molecular weight excluding hydrogens is 374 g/mol. The Hall–Kier alpha value is -0.290. The van der Waals surface area contributed by atoms with Gasteiger partial charge in [0.1, 0.15) is 18.7 Å². The van der Waals surface area contributed by atoms with Crippen LogP contribution in [0.5, 0.6) is 0 Å². The van der Waals surface area contributed by atoms with Crippen LogP contribution in [0.3, 0.4) is 0 Å². The molecule has 0 saturated carbocycles. The van der Waals surface area contributed by atoms with Gasteiger partial charge in [-0.15, -0.1) is 0 Å². The van der Waals surface area contributed by atoms with Crippen LogP contribution in [0.4, 0.5) is 0 Å². The zero-order chi connectivity index (χ0) is 21.9. The van der Waals surface area contributed by atoms with Crippen LogP contribution < -0.4 is 0 Å². The van der Waals surface area contributed by atoms with Gasteiger partial charge in [-0.25, -0.2) is 9.08 Å². The van der Waals surface area contributed by atoms with E-state index in [0.29, 0.717) is 24.2 Å². The van der Waals surface area contributed by atoms with E-state index < -0.39 is 35.2 Å². The molecule has 0 spiro atoms. The summed E-state index contributed by atoms with van der Waals surface area (Å²) in [5.41, 5.74) is 0. The fraction of sp³-hybridized carbons (Fsp3) is 1.00. The molecule has 0 rings (SSSR count). The molecule has 0 radical (unpaired) electrons. The summed E-state index contributed by atoms with van der Waals surface area (Å²) in [6, 6.07) is 0. The van der Waals surface area contributed by atoms with Crippen LogP contribution in [0.25, 0.3) is 0 Å². The SMILES string of the molecule is CC(C)CC(C)CC(C)CC(C)OS(=O)(=O)O.CC(O)N(C(C)O)C(C)O. The Balaban J connectivity index is 0. The molecule has 0 heterocycles. The van der Waals surface area contributed by atoms with Crippen molar-refractivity contribution in [2.75, 3.05) is 0 Å². The average Bonchev–Trinajstić information content (AvgIpc) is 2.32. The van der Waals surface area contributed by atoms with Crippen LogP contribution in [0.2, 0.25) is 0 Å². The minimum atomic E-state index is -4.32. The fourth-order valence-electron chi connectivity index (χ4n) is 3.43. The predicted molar refractivity (Wildman–Crippen MR) is 106 cm³/mol. The number of aliphatic hydroxyl groups excluding tert-OH is 3. The Bertz CT molecular complexity index is 447. The monoisotopic (exact) mass is 415 g/mol. The molecule has 4 N–H and O–H groups in total. The van der Waals surface area contributed by atoms with Gasteiger partial charge in [0.05, 0.1) is 6.10 Å². The third kappa shape index (κ3) is 17.5. The van der Waals surface area contributed by atoms with E-state index in [9.17, 15) is 8.42 Å². The average molecular weight is 416 g/mol. The summed E-state index contributed by atoms with van der Waals surface area (Å²) in [5, 5.41) is 26.9. The topological polar surface area (TPSA) is 128 Å². The summed E-state index contributed by atoms with van der Waals surface area (Å²) in [7, 11) is -4.32. The second kappa shape index (κ2) is 13.8. The van der Waals surface area contributed by atoms with Crippen molar-refractivity contribution in [2.45, 2.75) is 99.4 Å². The van der Waals surface area contributed by atoms with Crippen molar-refractivity contribution in [1.29, 1.82) is 0 Å². The Kier molecular flexibility index (Phi) is 14.8. The molecular formula is C18H41NO7S. The maximum Gasteiger partial charge on any atom is 0.397 e. The molecule has 0 aliphatic carbocycles. The maximum absolute atomic E-state index is 10.5. The molecule has 0 fully saturated rings. The zero-order valence-electron chi connectivity index (χ0n) is 18.0. The highest BCUT2D eigenvalue weighted by Crippen LogP contribution is 2.23. The number of nitrogens with zero attached hydrogens (tertiary/aromatic N) is 1. The first kappa shape index (κ1) is 28.9. The molecule has 166 valence electrons. The van der Waals surface area contributed by atoms with Gasteiger partial charge in [0, 0.05) is 0 Å². The molecule has 0 aliphatic rings. The van der Waals surface area contributed by atoms with Crippen LogP contribution in [0, 0.1) is 17.8 Å². The molecule has 27 heavy (non-hydrogen) atoms. The van der Waals surface area contributed by atoms with Crippen LogP contribution in [0.15, 0.2) is 0 Å². The third-order valence-corrected chi connectivity index (χ3v) is 4.56. The lowest BCUT2D eigenvalue weighted by Gasteiger charge is -2.30. The summed E-state index contributed by atoms with van der Waals surface area (Å²) < 4.78 is 34.1. The lowest BCUT2D eigenvalue weighted by molar-refractivity contribution is -0.159. The minimum Gasteiger partial charge on any atom is -0.379 e. The lowest BCUT2D eigenvalue weighted by Crippen LogP contribution is -2.45. The molecule has 6 unspecified atom stereocenters. The van der Waals surface area contributed by atoms with Gasteiger partial charge in [-0.05, 0) is 64.7 Å². The van der Waals surface area contributed by atoms with Gasteiger partial charge in [0.2, 0.25) is 0 Å². The standard InChI is InChI=1S/C12H26O4S.C6H15NO3/c1-9(2)6-10(3)7-11(4)8-12(5)16-17(13,14)15;1-4(8)7(5(2)9)6(3)10/h9-12H,6-8H2,1-5H3,(H,13,14,15);4-6,8-10H,1-3H3. The van der Waals surface area contributed by atoms with Crippen molar-refractivity contribution >= 4 is 10.4 Å². The van der Waals surface area contributed by atoms with Gasteiger partial charge in [-0.2, -0.15) is 8.42 Å². The molecule has 0 aromatic carbocycles. The van der Waals surface area contributed by atoms with Gasteiger partial charge < -0.3 is 15.3 Å². The van der Waals surface area contributed by atoms with Gasteiger partial charge in [-0.1, -0.05) is 27.7 Å². The van der Waals surface area contributed by atoms with Crippen LogP contribution in [-0.2, 0) is 14.6 Å². The van der Waals surface area contributed by atoms with Crippen molar-refractivity contribution in [3.05, 3.63) is 0 Å². The minimum absolute atomic E-state index is 0.389. The smallest absolute Gasteiger partial charge is 0.379 e. The first-order valence-electron chi connectivity index (χ1n) is 9.54. The maximum atomic E-state index is 10.5. The molecule has 0 saturated heterocycles. The summed E-state index contributed by atoms with van der Waals surface area (Å²) in [6.45, 7) is 14.8. The van der Waals surface area contributed by atoms with E-state index in [-0.39, 0.29) is 0 Å². The number of rotatable bonds is 11. The van der Waals surface area contributed by atoms with Crippen molar-refractivity contribution in [3.8, 4) is 0 Å². The Morgan fingerprint density at radius 1 is 0.741 bits per heavy atom. The predicted octanol–water partition coefficient (Wildman–Crippen LogP) is 2.60. The van der Waals surface area contributed by atoms with Crippen LogP contribution in [-0.4, -0.2) is 58.0 Å². The quantitative estimate of drug-likeness (QED) is 0.299. The highest BCUT2D eigenvalue weighted by molar-refractivity contribution is 7.80. The summed E-state index contributed by atoms with van der Waals surface area (Å²) in [6.07, 6.45) is -0.0940. The fourth-order valence-corrected chi connectivity index (χ4v) is 3.93. The van der Waals surface area contributed by atoms with E-state index in [0.717, 1.165) is 6.42 Å². The third-order valence-electron chi connectivity index (χ3n) is 3.99. The lowest BCUT2D eigenvalue weighted by atomic mass is 9.88. The van der Waals surface area contributed by atoms with Crippen molar-refractivity contribution < 1.29 is 32.5 Å². The van der Waals surface area contributed by atoms with Crippen molar-refractivity contribution in [1.82, 2.24) is 4.90 Å². The molecule has 0 aromatic rings. The number of hydrogen-bond acceptors (Lipinski definition) is 7. The zero-order valence-corrected chi connectivity index (χ0v) is 18.8. The van der Waals surface area contributed by atoms with Crippen LogP contribution in [0.1, 0.15) is 74.7 Å². The Morgan fingerprint density at radius 3 is 1.37 bits per heavy atom. The van der Waals surface area contributed by atoms with E-state index in [2.05, 4.69) is 31.9 Å². The van der Waals surface area contributed by atoms with Gasteiger partial charge in [0.25, 0.3) is 0 Å². The second-order valence-electron chi connectivity index (χ2n) is 7.99. The second-order valence-corrected chi connectivity index (χ2v) is 9.04. The molecule has 0 aliphatic heterocycles. The van der Waals surface area contributed by atoms with E-state index in [4.69, 9.17) is 19.9 Å². The van der Waals surface area contributed by atoms with Crippen molar-refractivity contribution in [3.63, 3.8) is 0 Å². The first-order chi connectivity index (χ1) is 12.1. The summed E-state index contributed by atoms with van der Waals surface area (Å²) in [5.74, 6) is 1.70. The number of hydrogen-bond donors (Lipinski definition) is 4. The Morgan fingerprint density at radius 2 is 1.11 bits per heavy atom. The first-order valence-corrected chi connectivity index (χ1v) is 10.9. The molecule has 8 nitrogen and oxygen atoms in total. The number of aliphatic hydroxyl groups is 3. The summed E-state index contributed by atoms with van der Waals surface area (Å²) >= 11 is 0. The van der Waals surface area contributed by atoms with E-state index >= 15 is 0 Å². The van der Waals surface area contributed by atoms with Crippen LogP contribution >= 0.6 is 0 Å². The molecule has 0 bridgehead atoms. The normalized spacial score (nSPS) is 19.0. The highest BCUT2D eigenvalue weighted by Gasteiger charge is 2.20. The molecule has 0 amide bonds. The van der Waals surface area contributed by atoms with Gasteiger partial charge in [0.15, 0.2) is 0 Å². The summed E-state index contributed by atoms with van der Waals surface area (Å²) in [4.78, 5) is 1.17. The van der Waals surface area contributed by atoms with E-state index in [1.54, 1.807) is 6.92 Å². The van der Waals surface area contributed by atoms with Gasteiger partial charge in [-0.3, -0.25) is 4.55 Å². The molecule has 6 atom stereocenters. The highest BCUT2D eigenvalue weighted by atomic mass is 32.3. The van der Waals surface area contributed by atoms with Gasteiger partial charge >= 0.3 is 10.4 Å². The molecule has 0 aromatic heterocycles. The van der Waals surface area contributed by atoms with E-state index in [1.807, 2.05) is 0 Å². The van der Waals surface area contributed by atoms with Crippen molar-refractivity contribution in [2.24, 2.45) is 17.8 Å². The Labute approximate surface area is 165 Å². The van der Waals surface area contributed by atoms with E-state index in [1.165, 1.54) is 32.1 Å². The largest absolute Gasteiger partial charge is 0.397 e.